The van der Waals surface area contributed by atoms with Gasteiger partial charge in [-0.05, 0) is 0 Å². The molecular formula is C5F8O. The molecule has 0 aliphatic heterocycles. The third kappa shape index (κ3) is 4.15. The molecule has 0 amide bonds. The third-order valence-electron chi connectivity index (χ3n) is 0.702. The Kier molecular flexibility index (Phi) is 3.21. The maximum Gasteiger partial charge on any atom is 0.507 e. The van der Waals surface area contributed by atoms with E-state index >= 15 is 0 Å². The van der Waals surface area contributed by atoms with Crippen LogP contribution in [0.2, 0.25) is 0 Å². The molecule has 0 aliphatic rings. The van der Waals surface area contributed by atoms with E-state index in [-0.39, 0.29) is 12.0 Å². The Hall–Kier alpha value is -1.20. The zero-order valence-corrected chi connectivity index (χ0v) is 5.93. The maximum atomic E-state index is 11.7. The summed E-state index contributed by atoms with van der Waals surface area (Å²) in [5, 5.41) is 0. The molecule has 0 unspecified atom stereocenters. The third-order valence-corrected chi connectivity index (χ3v) is 0.702. The monoisotopic (exact) mass is 228 g/mol. The Bertz CT molecular complexity index is 250. The zero-order chi connectivity index (χ0) is 11.6. The van der Waals surface area contributed by atoms with Gasteiger partial charge in [-0.3, -0.25) is 0 Å². The highest BCUT2D eigenvalue weighted by Gasteiger charge is 2.61. The van der Waals surface area contributed by atoms with Crippen LogP contribution in [0.5, 0.6) is 0 Å². The van der Waals surface area contributed by atoms with Crippen molar-refractivity contribution < 1.29 is 39.9 Å². The lowest BCUT2D eigenvalue weighted by atomic mass is 10.6. The zero-order valence-electron chi connectivity index (χ0n) is 5.93. The molecule has 0 saturated heterocycles. The molecule has 0 N–H and O–H groups in total. The van der Waals surface area contributed by atoms with Gasteiger partial charge < -0.3 is 4.74 Å². The molecular weight excluding hydrogens is 228 g/mol. The van der Waals surface area contributed by atoms with Gasteiger partial charge in [0.2, 0.25) is 0 Å². The molecule has 0 aliphatic carbocycles. The van der Waals surface area contributed by atoms with Crippen LogP contribution < -0.4 is 0 Å². The molecule has 14 heavy (non-hydrogen) atoms. The Morgan fingerprint density at radius 2 is 1.21 bits per heavy atom. The molecule has 0 heterocycles. The molecule has 0 aromatic rings. The molecule has 1 nitrogen and oxygen atoms in total. The molecule has 82 valence electrons. The molecule has 0 fully saturated rings. The fourth-order valence-electron chi connectivity index (χ4n) is 0.205. The molecule has 0 rings (SSSR count). The average Bonchev–Trinajstić information content (AvgIpc) is 1.80. The first-order valence-electron chi connectivity index (χ1n) is 2.67. The fraction of sp³-hybridized carbons (Fsp3) is 0.600. The molecule has 0 aromatic heterocycles. The summed E-state index contributed by atoms with van der Waals surface area (Å²) in [7, 11) is 0. The second kappa shape index (κ2) is 3.51. The molecule has 0 atom stereocenters. The van der Waals surface area contributed by atoms with Crippen molar-refractivity contribution in [3.63, 3.8) is 0 Å². The molecule has 0 spiro atoms. The summed E-state index contributed by atoms with van der Waals surface area (Å²) in [5.74, 6) is 0.0978. The maximum absolute atomic E-state index is 11.7. The van der Waals surface area contributed by atoms with E-state index in [4.69, 9.17) is 0 Å². The summed E-state index contributed by atoms with van der Waals surface area (Å²) in [6, 6.07) is 0. The highest BCUT2D eigenvalue weighted by molar-refractivity contribution is 5.00. The summed E-state index contributed by atoms with van der Waals surface area (Å²) in [6.07, 6.45) is -16.8. The van der Waals surface area contributed by atoms with Crippen molar-refractivity contribution in [1.82, 2.24) is 0 Å². The minimum Gasteiger partial charge on any atom is -0.372 e. The van der Waals surface area contributed by atoms with Crippen LogP contribution >= 0.6 is 0 Å². The molecule has 0 radical (unpaired) electrons. The van der Waals surface area contributed by atoms with Crippen molar-refractivity contribution in [3.8, 4) is 12.0 Å². The van der Waals surface area contributed by atoms with E-state index in [2.05, 4.69) is 4.74 Å². The van der Waals surface area contributed by atoms with Crippen LogP contribution in [0.3, 0.4) is 0 Å². The second-order valence-electron chi connectivity index (χ2n) is 1.84. The molecule has 0 aromatic carbocycles. The van der Waals surface area contributed by atoms with Crippen LogP contribution in [0, 0.1) is 12.0 Å². The van der Waals surface area contributed by atoms with Gasteiger partial charge in [-0.15, -0.1) is 0 Å². The van der Waals surface area contributed by atoms with Crippen molar-refractivity contribution in [2.24, 2.45) is 0 Å². The van der Waals surface area contributed by atoms with Crippen molar-refractivity contribution >= 4 is 0 Å². The van der Waals surface area contributed by atoms with E-state index < -0.39 is 18.5 Å². The van der Waals surface area contributed by atoms with E-state index in [9.17, 15) is 35.1 Å². The van der Waals surface area contributed by atoms with Gasteiger partial charge in [-0.1, -0.05) is 0 Å². The lowest BCUT2D eigenvalue weighted by molar-refractivity contribution is -0.371. The molecule has 0 bridgehead atoms. The second-order valence-corrected chi connectivity index (χ2v) is 1.84. The molecule has 9 heteroatoms. The van der Waals surface area contributed by atoms with Crippen molar-refractivity contribution in [2.75, 3.05) is 0 Å². The van der Waals surface area contributed by atoms with Gasteiger partial charge in [0, 0.05) is 0 Å². The van der Waals surface area contributed by atoms with Gasteiger partial charge in [-0.25, -0.2) is 0 Å². The summed E-state index contributed by atoms with van der Waals surface area (Å²) in [5.41, 5.74) is 0. The van der Waals surface area contributed by atoms with Gasteiger partial charge >= 0.3 is 18.5 Å². The highest BCUT2D eigenvalue weighted by Crippen LogP contribution is 2.35. The Morgan fingerprint density at radius 3 is 1.50 bits per heavy atom. The van der Waals surface area contributed by atoms with Gasteiger partial charge in [0.15, 0.2) is 0 Å². The minimum absolute atomic E-state index is 0.0978. The Balaban J connectivity index is 4.46. The Morgan fingerprint density at radius 1 is 0.786 bits per heavy atom. The normalized spacial score (nSPS) is 13.1. The highest BCUT2D eigenvalue weighted by atomic mass is 19.4. The van der Waals surface area contributed by atoms with E-state index in [1.165, 1.54) is 0 Å². The fourth-order valence-corrected chi connectivity index (χ4v) is 0.205. The first-order chi connectivity index (χ1) is 5.96. The van der Waals surface area contributed by atoms with E-state index in [1.54, 1.807) is 0 Å². The van der Waals surface area contributed by atoms with Gasteiger partial charge in [0.1, 0.15) is 6.11 Å². The topological polar surface area (TPSA) is 9.23 Å². The van der Waals surface area contributed by atoms with Crippen LogP contribution in [-0.4, -0.2) is 18.5 Å². The summed E-state index contributed by atoms with van der Waals surface area (Å²) < 4.78 is 92.9. The number of ether oxygens (including phenoxy) is 1. The smallest absolute Gasteiger partial charge is 0.372 e. The lowest BCUT2D eigenvalue weighted by Gasteiger charge is -2.15. The number of halogens is 8. The SMILES string of the molecule is FC(F)(F)C#COC(F)(F)C(F)(F)F. The van der Waals surface area contributed by atoms with Crippen molar-refractivity contribution in [3.05, 3.63) is 0 Å². The van der Waals surface area contributed by atoms with Crippen LogP contribution in [0.4, 0.5) is 35.1 Å². The van der Waals surface area contributed by atoms with E-state index in [1.807, 2.05) is 0 Å². The average molecular weight is 228 g/mol. The predicted molar refractivity (Wildman–Crippen MR) is 25.9 cm³/mol. The van der Waals surface area contributed by atoms with E-state index in [0.29, 0.717) is 0 Å². The standard InChI is InChI=1S/C5F8O/c6-3(7,8)1-2-14-5(12,13)4(9,10)11. The van der Waals surface area contributed by atoms with Gasteiger partial charge in [-0.2, -0.15) is 35.1 Å². The van der Waals surface area contributed by atoms with Crippen LogP contribution in [0.15, 0.2) is 0 Å². The first kappa shape index (κ1) is 12.8. The number of alkyl halides is 8. The lowest BCUT2D eigenvalue weighted by Crippen LogP contribution is -2.37. The number of rotatable bonds is 1. The summed E-state index contributed by atoms with van der Waals surface area (Å²) >= 11 is 0. The van der Waals surface area contributed by atoms with Crippen LogP contribution in [0.25, 0.3) is 0 Å². The quantitative estimate of drug-likeness (QED) is 0.495. The summed E-state index contributed by atoms with van der Waals surface area (Å²) in [6.45, 7) is 0. The predicted octanol–water partition coefficient (Wildman–Crippen LogP) is 2.68. The van der Waals surface area contributed by atoms with Crippen molar-refractivity contribution in [2.45, 2.75) is 18.5 Å². The van der Waals surface area contributed by atoms with E-state index in [0.717, 1.165) is 0 Å². The summed E-state index contributed by atoms with van der Waals surface area (Å²) in [4.78, 5) is 0. The van der Waals surface area contributed by atoms with Crippen LogP contribution in [0.1, 0.15) is 0 Å². The van der Waals surface area contributed by atoms with Gasteiger partial charge in [0.05, 0.1) is 5.92 Å². The molecule has 0 saturated carbocycles. The minimum atomic E-state index is -6.10. The van der Waals surface area contributed by atoms with Crippen molar-refractivity contribution in [1.29, 1.82) is 0 Å². The Labute approximate surface area is 71.6 Å². The van der Waals surface area contributed by atoms with Gasteiger partial charge in [0.25, 0.3) is 0 Å². The number of hydrogen-bond donors (Lipinski definition) is 0. The largest absolute Gasteiger partial charge is 0.507 e. The van der Waals surface area contributed by atoms with Crippen LogP contribution in [-0.2, 0) is 4.74 Å². The first-order valence-corrected chi connectivity index (χ1v) is 2.67. The number of hydrogen-bond acceptors (Lipinski definition) is 1.